The Labute approximate surface area is 101 Å². The number of pyridine rings is 1. The third-order valence-corrected chi connectivity index (χ3v) is 2.64. The molecule has 17 heavy (non-hydrogen) atoms. The lowest BCUT2D eigenvalue weighted by Crippen LogP contribution is -2.80. The van der Waals surface area contributed by atoms with E-state index in [1.807, 2.05) is 42.6 Å². The van der Waals surface area contributed by atoms with Gasteiger partial charge in [-0.3, -0.25) is 4.98 Å². The van der Waals surface area contributed by atoms with E-state index in [4.69, 9.17) is 4.74 Å². The van der Waals surface area contributed by atoms with Crippen molar-refractivity contribution in [3.63, 3.8) is 0 Å². The van der Waals surface area contributed by atoms with Crippen LogP contribution in [0, 0.1) is 0 Å². The summed E-state index contributed by atoms with van der Waals surface area (Å²) in [5, 5.41) is 2.22. The molecule has 1 aromatic carbocycles. The lowest BCUT2D eigenvalue weighted by molar-refractivity contribution is -0.686. The zero-order valence-corrected chi connectivity index (χ0v) is 9.97. The van der Waals surface area contributed by atoms with Crippen LogP contribution in [0.4, 0.5) is 0 Å². The Hall–Kier alpha value is -1.87. The highest BCUT2D eigenvalue weighted by atomic mass is 16.5. The molecule has 0 unspecified atom stereocenters. The molecule has 0 aliphatic carbocycles. The van der Waals surface area contributed by atoms with E-state index in [1.54, 1.807) is 7.11 Å². The van der Waals surface area contributed by atoms with Crippen molar-refractivity contribution in [3.8, 4) is 5.75 Å². The van der Waals surface area contributed by atoms with Crippen molar-refractivity contribution in [1.82, 2.24) is 4.98 Å². The number of benzene rings is 1. The number of hydrogen-bond donors (Lipinski definition) is 1. The van der Waals surface area contributed by atoms with Gasteiger partial charge in [-0.2, -0.15) is 0 Å². The van der Waals surface area contributed by atoms with Gasteiger partial charge in [0, 0.05) is 11.8 Å². The molecule has 0 amide bonds. The van der Waals surface area contributed by atoms with Gasteiger partial charge in [0.25, 0.3) is 0 Å². The number of nitrogens with two attached hydrogens (primary N) is 1. The molecule has 88 valence electrons. The van der Waals surface area contributed by atoms with Crippen LogP contribution in [0.15, 0.2) is 48.7 Å². The van der Waals surface area contributed by atoms with Crippen LogP contribution in [0.5, 0.6) is 5.75 Å². The lowest BCUT2D eigenvalue weighted by atomic mass is 10.2. The summed E-state index contributed by atoms with van der Waals surface area (Å²) in [4.78, 5) is 4.29. The molecule has 0 spiro atoms. The second kappa shape index (κ2) is 6.01. The van der Waals surface area contributed by atoms with Crippen LogP contribution in [0.1, 0.15) is 11.3 Å². The van der Waals surface area contributed by atoms with Crippen molar-refractivity contribution in [2.75, 3.05) is 7.11 Å². The first-order valence-electron chi connectivity index (χ1n) is 5.73. The fourth-order valence-electron chi connectivity index (χ4n) is 1.77. The number of nitrogens with zero attached hydrogens (tertiary/aromatic N) is 1. The fraction of sp³-hybridized carbons (Fsp3) is 0.214. The number of ether oxygens (including phenoxy) is 1. The third kappa shape index (κ3) is 3.29. The van der Waals surface area contributed by atoms with Gasteiger partial charge in [0.2, 0.25) is 0 Å². The summed E-state index contributed by atoms with van der Waals surface area (Å²) < 4.78 is 5.31. The Morgan fingerprint density at radius 3 is 2.65 bits per heavy atom. The molecular formula is C14H17N2O+. The Morgan fingerprint density at radius 1 is 1.06 bits per heavy atom. The fourth-order valence-corrected chi connectivity index (χ4v) is 1.77. The first-order valence-corrected chi connectivity index (χ1v) is 5.73. The number of rotatable bonds is 5. The van der Waals surface area contributed by atoms with E-state index in [0.29, 0.717) is 0 Å². The number of hydrogen-bond acceptors (Lipinski definition) is 2. The van der Waals surface area contributed by atoms with Crippen molar-refractivity contribution in [3.05, 3.63) is 59.9 Å². The molecule has 2 aromatic rings. The minimum atomic E-state index is 0.888. The van der Waals surface area contributed by atoms with Gasteiger partial charge in [0.05, 0.1) is 12.8 Å². The molecule has 3 nitrogen and oxygen atoms in total. The van der Waals surface area contributed by atoms with E-state index >= 15 is 0 Å². The zero-order valence-electron chi connectivity index (χ0n) is 9.97. The SMILES string of the molecule is COc1ccccc1C[NH2+]Cc1ccccn1. The summed E-state index contributed by atoms with van der Waals surface area (Å²) in [6.07, 6.45) is 1.83. The summed E-state index contributed by atoms with van der Waals surface area (Å²) in [6, 6.07) is 14.1. The summed E-state index contributed by atoms with van der Waals surface area (Å²) in [5.74, 6) is 0.949. The average molecular weight is 229 g/mol. The van der Waals surface area contributed by atoms with Gasteiger partial charge in [-0.25, -0.2) is 0 Å². The molecule has 0 aliphatic heterocycles. The van der Waals surface area contributed by atoms with E-state index in [2.05, 4.69) is 16.4 Å². The van der Waals surface area contributed by atoms with Gasteiger partial charge in [-0.15, -0.1) is 0 Å². The molecule has 0 atom stereocenters. The molecule has 0 saturated heterocycles. The topological polar surface area (TPSA) is 38.7 Å². The Kier molecular flexibility index (Phi) is 4.11. The molecule has 0 fully saturated rings. The quantitative estimate of drug-likeness (QED) is 0.840. The van der Waals surface area contributed by atoms with Gasteiger partial charge in [0.1, 0.15) is 18.8 Å². The monoisotopic (exact) mass is 229 g/mol. The molecule has 0 saturated carbocycles. The normalized spacial score (nSPS) is 10.2. The highest BCUT2D eigenvalue weighted by molar-refractivity contribution is 5.32. The van der Waals surface area contributed by atoms with Gasteiger partial charge >= 0.3 is 0 Å². The van der Waals surface area contributed by atoms with Crippen LogP contribution in [-0.2, 0) is 13.1 Å². The predicted molar refractivity (Wildman–Crippen MR) is 66.6 cm³/mol. The van der Waals surface area contributed by atoms with Crippen LogP contribution in [0.3, 0.4) is 0 Å². The van der Waals surface area contributed by atoms with Crippen LogP contribution < -0.4 is 10.1 Å². The second-order valence-electron chi connectivity index (χ2n) is 3.83. The van der Waals surface area contributed by atoms with Crippen LogP contribution in [0.2, 0.25) is 0 Å². The third-order valence-electron chi connectivity index (χ3n) is 2.64. The molecule has 0 bridgehead atoms. The van der Waals surface area contributed by atoms with Crippen LogP contribution in [-0.4, -0.2) is 12.1 Å². The molecule has 2 N–H and O–H groups in total. The maximum Gasteiger partial charge on any atom is 0.127 e. The lowest BCUT2D eigenvalue weighted by Gasteiger charge is -2.06. The van der Waals surface area contributed by atoms with Crippen molar-refractivity contribution >= 4 is 0 Å². The summed E-state index contributed by atoms with van der Waals surface area (Å²) in [7, 11) is 1.71. The van der Waals surface area contributed by atoms with Crippen molar-refractivity contribution in [2.24, 2.45) is 0 Å². The minimum absolute atomic E-state index is 0.888. The Bertz CT molecular complexity index is 457. The molecule has 1 heterocycles. The molecule has 1 aromatic heterocycles. The first kappa shape index (κ1) is 11.6. The maximum absolute atomic E-state index is 5.31. The van der Waals surface area contributed by atoms with Crippen molar-refractivity contribution < 1.29 is 10.1 Å². The van der Waals surface area contributed by atoms with E-state index in [1.165, 1.54) is 5.56 Å². The first-order chi connectivity index (χ1) is 8.40. The Morgan fingerprint density at radius 2 is 1.88 bits per heavy atom. The van der Waals surface area contributed by atoms with Gasteiger partial charge in [0.15, 0.2) is 0 Å². The number of quaternary nitrogens is 1. The van der Waals surface area contributed by atoms with Crippen LogP contribution >= 0.6 is 0 Å². The molecule has 3 heteroatoms. The highest BCUT2D eigenvalue weighted by Crippen LogP contribution is 2.15. The standard InChI is InChI=1S/C14H16N2O/c1-17-14-8-3-2-6-12(14)10-15-11-13-7-4-5-9-16-13/h2-9,15H,10-11H2,1H3/p+1. The summed E-state index contributed by atoms with van der Waals surface area (Å²) in [6.45, 7) is 1.79. The zero-order chi connectivity index (χ0) is 11.9. The minimum Gasteiger partial charge on any atom is -0.496 e. The van der Waals surface area contributed by atoms with E-state index < -0.39 is 0 Å². The average Bonchev–Trinajstić information content (AvgIpc) is 2.40. The predicted octanol–water partition coefficient (Wildman–Crippen LogP) is 1.35. The molecule has 2 rings (SSSR count). The van der Waals surface area contributed by atoms with Crippen LogP contribution in [0.25, 0.3) is 0 Å². The molecule has 0 aliphatic rings. The van der Waals surface area contributed by atoms with Gasteiger partial charge < -0.3 is 10.1 Å². The number of para-hydroxylation sites is 1. The molecular weight excluding hydrogens is 212 g/mol. The largest absolute Gasteiger partial charge is 0.496 e. The number of aromatic nitrogens is 1. The van der Waals surface area contributed by atoms with E-state index in [-0.39, 0.29) is 0 Å². The summed E-state index contributed by atoms with van der Waals surface area (Å²) in [5.41, 5.74) is 2.31. The molecule has 0 radical (unpaired) electrons. The van der Waals surface area contributed by atoms with Crippen molar-refractivity contribution in [1.29, 1.82) is 0 Å². The smallest absolute Gasteiger partial charge is 0.127 e. The second-order valence-corrected chi connectivity index (χ2v) is 3.83. The van der Waals surface area contributed by atoms with Gasteiger partial charge in [-0.05, 0) is 24.3 Å². The van der Waals surface area contributed by atoms with Crippen molar-refractivity contribution in [2.45, 2.75) is 13.1 Å². The van der Waals surface area contributed by atoms with E-state index in [9.17, 15) is 0 Å². The number of methoxy groups -OCH3 is 1. The Balaban J connectivity index is 1.90. The maximum atomic E-state index is 5.31. The van der Waals surface area contributed by atoms with Gasteiger partial charge in [-0.1, -0.05) is 18.2 Å². The highest BCUT2D eigenvalue weighted by Gasteiger charge is 2.03. The summed E-state index contributed by atoms with van der Waals surface area (Å²) >= 11 is 0. The van der Waals surface area contributed by atoms with E-state index in [0.717, 1.165) is 24.5 Å².